The molecule has 1 N–H and O–H groups in total. The molecule has 1 fully saturated rings. The SMILES string of the molecule is CCc1cc(CN2CCN(S(C)(=O)=O)CC2)cnc1-c1ccc(C(O)(C(F)(F)F)C(F)(F)F)cc1C. The van der Waals surface area contributed by atoms with Crippen LogP contribution in [0.1, 0.15) is 29.2 Å². The van der Waals surface area contributed by atoms with Crippen molar-refractivity contribution in [2.24, 2.45) is 0 Å². The van der Waals surface area contributed by atoms with Crippen LogP contribution in [0.5, 0.6) is 0 Å². The number of benzene rings is 1. The average molecular weight is 540 g/mol. The van der Waals surface area contributed by atoms with Gasteiger partial charge in [-0.05, 0) is 30.0 Å². The number of aromatic nitrogens is 1. The first-order valence-corrected chi connectivity index (χ1v) is 13.0. The fraction of sp³-hybridized carbons (Fsp3) is 0.522. The third-order valence-corrected chi connectivity index (χ3v) is 7.63. The summed E-state index contributed by atoms with van der Waals surface area (Å²) in [6, 6.07) is 4.30. The highest BCUT2D eigenvalue weighted by atomic mass is 32.2. The lowest BCUT2D eigenvalue weighted by atomic mass is 9.88. The second-order valence-electron chi connectivity index (χ2n) is 8.88. The lowest BCUT2D eigenvalue weighted by Crippen LogP contribution is -2.53. The van der Waals surface area contributed by atoms with Gasteiger partial charge in [0.05, 0.1) is 11.9 Å². The minimum atomic E-state index is -5.96. The Bertz CT molecular complexity index is 1190. The van der Waals surface area contributed by atoms with Crippen LogP contribution in [0, 0.1) is 6.92 Å². The van der Waals surface area contributed by atoms with Gasteiger partial charge >= 0.3 is 12.4 Å². The predicted molar refractivity (Wildman–Crippen MR) is 121 cm³/mol. The van der Waals surface area contributed by atoms with Gasteiger partial charge in [-0.15, -0.1) is 0 Å². The van der Waals surface area contributed by atoms with Gasteiger partial charge in [-0.2, -0.15) is 30.6 Å². The molecule has 3 rings (SSSR count). The third kappa shape index (κ3) is 5.53. The normalized spacial score (nSPS) is 16.9. The summed E-state index contributed by atoms with van der Waals surface area (Å²) in [6.07, 6.45) is -8.65. The Balaban J connectivity index is 1.87. The van der Waals surface area contributed by atoms with Crippen molar-refractivity contribution in [3.05, 3.63) is 52.7 Å². The van der Waals surface area contributed by atoms with E-state index >= 15 is 0 Å². The third-order valence-electron chi connectivity index (χ3n) is 6.33. The number of hydrogen-bond donors (Lipinski definition) is 1. The molecule has 0 bridgehead atoms. The highest BCUT2D eigenvalue weighted by molar-refractivity contribution is 7.88. The highest BCUT2D eigenvalue weighted by Crippen LogP contribution is 2.50. The summed E-state index contributed by atoms with van der Waals surface area (Å²) in [6.45, 7) is 5.56. The molecule has 1 aliphatic heterocycles. The highest BCUT2D eigenvalue weighted by Gasteiger charge is 2.71. The van der Waals surface area contributed by atoms with Crippen LogP contribution < -0.4 is 0 Å². The number of hydrogen-bond acceptors (Lipinski definition) is 5. The zero-order valence-electron chi connectivity index (χ0n) is 19.9. The maximum atomic E-state index is 13.3. The molecule has 200 valence electrons. The number of nitrogens with zero attached hydrogens (tertiary/aromatic N) is 3. The largest absolute Gasteiger partial charge is 0.430 e. The van der Waals surface area contributed by atoms with Crippen LogP contribution >= 0.6 is 0 Å². The molecular weight excluding hydrogens is 512 g/mol. The van der Waals surface area contributed by atoms with Crippen molar-refractivity contribution in [3.8, 4) is 11.3 Å². The molecule has 2 heterocycles. The number of rotatable bonds is 6. The van der Waals surface area contributed by atoms with E-state index in [0.717, 1.165) is 17.2 Å². The Labute approximate surface area is 205 Å². The molecule has 1 aromatic heterocycles. The quantitative estimate of drug-likeness (QED) is 0.562. The van der Waals surface area contributed by atoms with E-state index in [1.807, 2.05) is 13.0 Å². The van der Waals surface area contributed by atoms with Crippen molar-refractivity contribution in [3.63, 3.8) is 0 Å². The minimum absolute atomic E-state index is 0.103. The Morgan fingerprint density at radius 2 is 1.58 bits per heavy atom. The van der Waals surface area contributed by atoms with Crippen LogP contribution in [0.25, 0.3) is 11.3 Å². The number of alkyl halides is 6. The summed E-state index contributed by atoms with van der Waals surface area (Å²) in [5.74, 6) is 0. The summed E-state index contributed by atoms with van der Waals surface area (Å²) in [7, 11) is -3.25. The molecule has 0 radical (unpaired) electrons. The van der Waals surface area contributed by atoms with Crippen LogP contribution in [-0.2, 0) is 28.6 Å². The molecule has 13 heteroatoms. The van der Waals surface area contributed by atoms with Gasteiger partial charge in [-0.25, -0.2) is 8.42 Å². The van der Waals surface area contributed by atoms with Crippen molar-refractivity contribution < 1.29 is 39.9 Å². The molecule has 0 amide bonds. The molecule has 6 nitrogen and oxygen atoms in total. The van der Waals surface area contributed by atoms with Gasteiger partial charge in [0.15, 0.2) is 0 Å². The van der Waals surface area contributed by atoms with Crippen LogP contribution in [0.3, 0.4) is 0 Å². The molecule has 0 saturated carbocycles. The molecule has 36 heavy (non-hydrogen) atoms. The van der Waals surface area contributed by atoms with E-state index in [4.69, 9.17) is 0 Å². The van der Waals surface area contributed by atoms with Gasteiger partial charge in [0.2, 0.25) is 10.0 Å². The van der Waals surface area contributed by atoms with Crippen molar-refractivity contribution >= 4 is 10.0 Å². The van der Waals surface area contributed by atoms with Crippen LogP contribution in [-0.4, -0.2) is 72.5 Å². The molecule has 1 aromatic carbocycles. The zero-order valence-corrected chi connectivity index (χ0v) is 20.7. The van der Waals surface area contributed by atoms with Crippen molar-refractivity contribution in [1.29, 1.82) is 0 Å². The van der Waals surface area contributed by atoms with Crippen LogP contribution in [0.2, 0.25) is 0 Å². The lowest BCUT2D eigenvalue weighted by Gasteiger charge is -2.33. The first-order chi connectivity index (χ1) is 16.5. The van der Waals surface area contributed by atoms with Crippen molar-refractivity contribution in [2.75, 3.05) is 32.4 Å². The molecule has 1 saturated heterocycles. The van der Waals surface area contributed by atoms with E-state index in [1.165, 1.54) is 17.5 Å². The Hall–Kier alpha value is -2.22. The fourth-order valence-electron chi connectivity index (χ4n) is 4.28. The average Bonchev–Trinajstić information content (AvgIpc) is 2.77. The second kappa shape index (κ2) is 9.92. The molecule has 0 aliphatic carbocycles. The van der Waals surface area contributed by atoms with E-state index < -0.39 is 33.5 Å². The second-order valence-corrected chi connectivity index (χ2v) is 10.9. The summed E-state index contributed by atoms with van der Waals surface area (Å²) in [5, 5.41) is 9.69. The summed E-state index contributed by atoms with van der Waals surface area (Å²) in [5.41, 5.74) is -3.82. The number of halogens is 6. The van der Waals surface area contributed by atoms with E-state index in [1.54, 1.807) is 6.20 Å². The summed E-state index contributed by atoms with van der Waals surface area (Å²) < 4.78 is 104. The maximum Gasteiger partial charge on any atom is 0.430 e. The van der Waals surface area contributed by atoms with E-state index in [9.17, 15) is 39.9 Å². The zero-order chi connectivity index (χ0) is 27.1. The fourth-order valence-corrected chi connectivity index (χ4v) is 5.10. The van der Waals surface area contributed by atoms with Gasteiger partial charge in [-0.1, -0.05) is 31.2 Å². The van der Waals surface area contributed by atoms with E-state index in [0.29, 0.717) is 62.5 Å². The smallest absolute Gasteiger partial charge is 0.369 e. The predicted octanol–water partition coefficient (Wildman–Crippen LogP) is 4.01. The van der Waals surface area contributed by atoms with E-state index in [2.05, 4.69) is 9.88 Å². The lowest BCUT2D eigenvalue weighted by molar-refractivity contribution is -0.376. The van der Waals surface area contributed by atoms with Crippen molar-refractivity contribution in [1.82, 2.24) is 14.2 Å². The van der Waals surface area contributed by atoms with Gasteiger partial charge < -0.3 is 5.11 Å². The Kier molecular flexibility index (Phi) is 7.81. The Morgan fingerprint density at radius 3 is 2.06 bits per heavy atom. The number of aryl methyl sites for hydroxylation is 2. The molecule has 0 unspecified atom stereocenters. The standard InChI is InChI=1S/C23H27F6N3O3S/c1-4-17-12-16(14-31-7-9-32(10-8-31)36(3,34)35)13-30-20(17)19-6-5-18(11-15(19)2)21(33,22(24,25)26)23(27,28)29/h5-6,11-13,33H,4,7-10,14H2,1-3H3. The van der Waals surface area contributed by atoms with Gasteiger partial charge in [0.1, 0.15) is 0 Å². The number of sulfonamides is 1. The molecule has 0 atom stereocenters. The summed E-state index contributed by atoms with van der Waals surface area (Å²) >= 11 is 0. The van der Waals surface area contributed by atoms with Gasteiger partial charge in [0.25, 0.3) is 5.60 Å². The Morgan fingerprint density at radius 1 is 1.00 bits per heavy atom. The van der Waals surface area contributed by atoms with Crippen LogP contribution in [0.4, 0.5) is 26.3 Å². The molecular formula is C23H27F6N3O3S. The topological polar surface area (TPSA) is 73.7 Å². The monoisotopic (exact) mass is 539 g/mol. The van der Waals surface area contributed by atoms with Crippen LogP contribution in [0.15, 0.2) is 30.5 Å². The first-order valence-electron chi connectivity index (χ1n) is 11.1. The van der Waals surface area contributed by atoms with E-state index in [-0.39, 0.29) is 5.56 Å². The maximum absolute atomic E-state index is 13.3. The summed E-state index contributed by atoms with van der Waals surface area (Å²) in [4.78, 5) is 6.53. The number of piperazine rings is 1. The molecule has 0 spiro atoms. The van der Waals surface area contributed by atoms with Gasteiger partial charge in [-0.3, -0.25) is 9.88 Å². The minimum Gasteiger partial charge on any atom is -0.369 e. The molecule has 1 aliphatic rings. The number of pyridine rings is 1. The van der Waals surface area contributed by atoms with Gasteiger partial charge in [0, 0.05) is 50.0 Å². The first kappa shape index (κ1) is 28.4. The van der Waals surface area contributed by atoms with Crippen molar-refractivity contribution in [2.45, 2.75) is 44.8 Å². The number of aliphatic hydroxyl groups is 1. The molecule has 2 aromatic rings.